The lowest BCUT2D eigenvalue weighted by Gasteiger charge is -2.14. The summed E-state index contributed by atoms with van der Waals surface area (Å²) in [4.78, 5) is 0.604. The molecular formula is C13H10ClF3OS. The Kier molecular flexibility index (Phi) is 3.90. The standard InChI is InChI=1S/C13H10ClF3OS/c1-7-6-8(13(15,16)17)2-3-9(7)12(18)10-4-5-11(14)19-10/h2-6,12,18H,1H3. The molecule has 1 aromatic carbocycles. The number of aryl methyl sites for hydroxylation is 1. The minimum absolute atomic E-state index is 0.395. The summed E-state index contributed by atoms with van der Waals surface area (Å²) in [6.07, 6.45) is -5.33. The zero-order valence-electron chi connectivity index (χ0n) is 9.83. The van der Waals surface area contributed by atoms with Crippen molar-refractivity contribution in [3.8, 4) is 0 Å². The molecule has 0 bridgehead atoms. The quantitative estimate of drug-likeness (QED) is 0.844. The summed E-state index contributed by atoms with van der Waals surface area (Å²) in [7, 11) is 0. The minimum Gasteiger partial charge on any atom is -0.383 e. The highest BCUT2D eigenvalue weighted by Gasteiger charge is 2.31. The molecule has 102 valence electrons. The largest absolute Gasteiger partial charge is 0.416 e. The normalized spacial score (nSPS) is 13.6. The number of thiophene rings is 1. The van der Waals surface area contributed by atoms with Crippen LogP contribution in [-0.4, -0.2) is 5.11 Å². The highest BCUT2D eigenvalue weighted by Crippen LogP contribution is 2.35. The van der Waals surface area contributed by atoms with Crippen LogP contribution in [0.2, 0.25) is 4.34 Å². The van der Waals surface area contributed by atoms with Crippen molar-refractivity contribution in [3.05, 3.63) is 56.2 Å². The van der Waals surface area contributed by atoms with E-state index in [1.165, 1.54) is 17.4 Å². The lowest BCUT2D eigenvalue weighted by Crippen LogP contribution is -2.07. The van der Waals surface area contributed by atoms with Crippen LogP contribution in [0, 0.1) is 6.92 Å². The molecule has 0 amide bonds. The molecule has 0 aliphatic carbocycles. The van der Waals surface area contributed by atoms with Gasteiger partial charge in [-0.2, -0.15) is 13.2 Å². The third kappa shape index (κ3) is 3.11. The Morgan fingerprint density at radius 2 is 1.89 bits per heavy atom. The number of aliphatic hydroxyl groups is 1. The van der Waals surface area contributed by atoms with Crippen LogP contribution >= 0.6 is 22.9 Å². The first-order valence-corrected chi connectivity index (χ1v) is 6.59. The van der Waals surface area contributed by atoms with Crippen LogP contribution in [0.4, 0.5) is 13.2 Å². The molecule has 0 fully saturated rings. The van der Waals surface area contributed by atoms with E-state index in [9.17, 15) is 18.3 Å². The molecule has 1 unspecified atom stereocenters. The zero-order valence-corrected chi connectivity index (χ0v) is 11.4. The fourth-order valence-electron chi connectivity index (χ4n) is 1.79. The van der Waals surface area contributed by atoms with Gasteiger partial charge in [0, 0.05) is 4.88 Å². The fraction of sp³-hybridized carbons (Fsp3) is 0.231. The Morgan fingerprint density at radius 1 is 1.21 bits per heavy atom. The topological polar surface area (TPSA) is 20.2 Å². The highest BCUT2D eigenvalue weighted by molar-refractivity contribution is 7.16. The van der Waals surface area contributed by atoms with Crippen LogP contribution < -0.4 is 0 Å². The second-order valence-electron chi connectivity index (χ2n) is 4.11. The van der Waals surface area contributed by atoms with Crippen molar-refractivity contribution in [1.82, 2.24) is 0 Å². The van der Waals surface area contributed by atoms with Gasteiger partial charge in [-0.3, -0.25) is 0 Å². The van der Waals surface area contributed by atoms with E-state index in [1.54, 1.807) is 19.1 Å². The van der Waals surface area contributed by atoms with Gasteiger partial charge in [0.1, 0.15) is 6.10 Å². The van der Waals surface area contributed by atoms with E-state index in [2.05, 4.69) is 0 Å². The number of rotatable bonds is 2. The van der Waals surface area contributed by atoms with Gasteiger partial charge >= 0.3 is 6.18 Å². The maximum absolute atomic E-state index is 12.5. The van der Waals surface area contributed by atoms with Crippen LogP contribution in [0.1, 0.15) is 27.7 Å². The molecule has 2 rings (SSSR count). The van der Waals surface area contributed by atoms with Crippen LogP contribution in [0.15, 0.2) is 30.3 Å². The Hall–Kier alpha value is -1.04. The van der Waals surface area contributed by atoms with Crippen molar-refractivity contribution in [3.63, 3.8) is 0 Å². The van der Waals surface area contributed by atoms with Crippen molar-refractivity contribution >= 4 is 22.9 Å². The first-order valence-electron chi connectivity index (χ1n) is 5.40. The number of benzene rings is 1. The van der Waals surface area contributed by atoms with Gasteiger partial charge in [-0.25, -0.2) is 0 Å². The van der Waals surface area contributed by atoms with Gasteiger partial charge in [0.05, 0.1) is 9.90 Å². The molecule has 6 heteroatoms. The SMILES string of the molecule is Cc1cc(C(F)(F)F)ccc1C(O)c1ccc(Cl)s1. The van der Waals surface area contributed by atoms with E-state index in [-0.39, 0.29) is 0 Å². The Morgan fingerprint density at radius 3 is 2.37 bits per heavy atom. The molecule has 2 aromatic rings. The summed E-state index contributed by atoms with van der Waals surface area (Å²) in [6, 6.07) is 6.62. The predicted molar refractivity (Wildman–Crippen MR) is 69.6 cm³/mol. The van der Waals surface area contributed by atoms with Gasteiger partial charge in [-0.1, -0.05) is 17.7 Å². The van der Waals surface area contributed by atoms with Crippen molar-refractivity contribution in [2.45, 2.75) is 19.2 Å². The maximum atomic E-state index is 12.5. The second kappa shape index (κ2) is 5.15. The third-order valence-corrected chi connectivity index (χ3v) is 4.04. The van der Waals surface area contributed by atoms with Gasteiger partial charge in [-0.15, -0.1) is 11.3 Å². The van der Waals surface area contributed by atoms with Gasteiger partial charge in [-0.05, 0) is 42.3 Å². The maximum Gasteiger partial charge on any atom is 0.416 e. The molecule has 1 aromatic heterocycles. The summed E-state index contributed by atoms with van der Waals surface area (Å²) in [5.41, 5.74) is 0.128. The third-order valence-electron chi connectivity index (χ3n) is 2.76. The zero-order chi connectivity index (χ0) is 14.2. The van der Waals surface area contributed by atoms with Crippen LogP contribution in [0.25, 0.3) is 0 Å². The summed E-state index contributed by atoms with van der Waals surface area (Å²) in [5.74, 6) is 0. The van der Waals surface area contributed by atoms with E-state index in [4.69, 9.17) is 11.6 Å². The number of hydrogen-bond donors (Lipinski definition) is 1. The second-order valence-corrected chi connectivity index (χ2v) is 5.86. The van der Waals surface area contributed by atoms with Crippen LogP contribution in [0.3, 0.4) is 0 Å². The number of alkyl halides is 3. The van der Waals surface area contributed by atoms with E-state index in [1.807, 2.05) is 0 Å². The molecule has 0 spiro atoms. The first kappa shape index (κ1) is 14.4. The predicted octanol–water partition coefficient (Wildman–Crippen LogP) is 4.81. The highest BCUT2D eigenvalue weighted by atomic mass is 35.5. The monoisotopic (exact) mass is 306 g/mol. The van der Waals surface area contributed by atoms with Crippen molar-refractivity contribution < 1.29 is 18.3 Å². The number of halogens is 4. The summed E-state index contributed by atoms with van der Waals surface area (Å²) >= 11 is 6.98. The Bertz CT molecular complexity index is 592. The van der Waals surface area contributed by atoms with Gasteiger partial charge < -0.3 is 5.11 Å². The van der Waals surface area contributed by atoms with Gasteiger partial charge in [0.25, 0.3) is 0 Å². The molecule has 0 aliphatic heterocycles. The van der Waals surface area contributed by atoms with E-state index < -0.39 is 17.8 Å². The average molecular weight is 307 g/mol. The first-order chi connectivity index (χ1) is 8.79. The molecule has 1 atom stereocenters. The summed E-state index contributed by atoms with van der Waals surface area (Å²) in [6.45, 7) is 1.54. The smallest absolute Gasteiger partial charge is 0.383 e. The molecule has 1 nitrogen and oxygen atoms in total. The molecule has 0 aliphatic rings. The fourth-order valence-corrected chi connectivity index (χ4v) is 2.85. The molecule has 1 N–H and O–H groups in total. The number of hydrogen-bond acceptors (Lipinski definition) is 2. The van der Waals surface area contributed by atoms with E-state index >= 15 is 0 Å². The molecule has 0 radical (unpaired) electrons. The molecule has 19 heavy (non-hydrogen) atoms. The summed E-state index contributed by atoms with van der Waals surface area (Å²) in [5, 5.41) is 10.2. The Labute approximate surface area is 117 Å². The van der Waals surface area contributed by atoms with Gasteiger partial charge in [0.2, 0.25) is 0 Å². The number of aliphatic hydroxyl groups excluding tert-OH is 1. The van der Waals surface area contributed by atoms with Crippen LogP contribution in [0.5, 0.6) is 0 Å². The molecule has 1 heterocycles. The van der Waals surface area contributed by atoms with Gasteiger partial charge in [0.15, 0.2) is 0 Å². The minimum atomic E-state index is -4.37. The molecule has 0 saturated heterocycles. The lowest BCUT2D eigenvalue weighted by molar-refractivity contribution is -0.137. The van der Waals surface area contributed by atoms with Crippen molar-refractivity contribution in [1.29, 1.82) is 0 Å². The summed E-state index contributed by atoms with van der Waals surface area (Å²) < 4.78 is 38.2. The van der Waals surface area contributed by atoms with E-state index in [0.717, 1.165) is 12.1 Å². The Balaban J connectivity index is 2.36. The molecular weight excluding hydrogens is 297 g/mol. The van der Waals surface area contributed by atoms with Crippen molar-refractivity contribution in [2.75, 3.05) is 0 Å². The average Bonchev–Trinajstić information content (AvgIpc) is 2.73. The molecule has 0 saturated carbocycles. The lowest BCUT2D eigenvalue weighted by atomic mass is 9.99. The van der Waals surface area contributed by atoms with Crippen molar-refractivity contribution in [2.24, 2.45) is 0 Å². The van der Waals surface area contributed by atoms with E-state index in [0.29, 0.717) is 20.3 Å². The van der Waals surface area contributed by atoms with Crippen LogP contribution in [-0.2, 0) is 6.18 Å².